The molecule has 0 aromatic heterocycles. The maximum absolute atomic E-state index is 11.9. The Bertz CT molecular complexity index is 554. The summed E-state index contributed by atoms with van der Waals surface area (Å²) in [6.07, 6.45) is 0.496. The maximum Gasteiger partial charge on any atom is 0.233 e. The molecule has 18 heavy (non-hydrogen) atoms. The second kappa shape index (κ2) is 5.07. The fraction of sp³-hybridized carbons (Fsp3) is 0.417. The Balaban J connectivity index is 2.23. The molecule has 0 saturated heterocycles. The molecule has 1 heterocycles. The Morgan fingerprint density at radius 1 is 1.39 bits per heavy atom. The van der Waals surface area contributed by atoms with Gasteiger partial charge < -0.3 is 10.6 Å². The molecule has 2 N–H and O–H groups in total. The van der Waals surface area contributed by atoms with Crippen LogP contribution >= 0.6 is 0 Å². The topological polar surface area (TPSA) is 75.3 Å². The predicted octanol–water partition coefficient (Wildman–Crippen LogP) is 0.241. The van der Waals surface area contributed by atoms with Crippen LogP contribution in [0.4, 0.5) is 0 Å². The lowest BCUT2D eigenvalue weighted by molar-refractivity contribution is -0.119. The van der Waals surface area contributed by atoms with Crippen LogP contribution in [0, 0.1) is 0 Å². The number of carbonyl (C=O) groups is 1. The molecule has 0 aliphatic carbocycles. The van der Waals surface area contributed by atoms with Crippen LogP contribution in [-0.4, -0.2) is 33.7 Å². The molecule has 1 amide bonds. The lowest BCUT2D eigenvalue weighted by Gasteiger charge is -2.26. The molecule has 1 aliphatic heterocycles. The van der Waals surface area contributed by atoms with Crippen molar-refractivity contribution in [3.8, 4) is 0 Å². The van der Waals surface area contributed by atoms with Crippen LogP contribution in [0.1, 0.15) is 18.0 Å². The first kappa shape index (κ1) is 13.0. The first-order valence-corrected chi connectivity index (χ1v) is 7.45. The van der Waals surface area contributed by atoms with E-state index in [4.69, 9.17) is 0 Å². The second-order valence-electron chi connectivity index (χ2n) is 4.25. The van der Waals surface area contributed by atoms with E-state index in [0.29, 0.717) is 11.3 Å². The third kappa shape index (κ3) is 2.54. The number of carbonyl (C=O) groups excluding carboxylic acids is 1. The summed E-state index contributed by atoms with van der Waals surface area (Å²) >= 11 is 0. The van der Waals surface area contributed by atoms with Crippen molar-refractivity contribution >= 4 is 15.7 Å². The summed E-state index contributed by atoms with van der Waals surface area (Å²) in [5.41, 5.74) is 0.757. The van der Waals surface area contributed by atoms with Gasteiger partial charge in [-0.05, 0) is 18.1 Å². The molecular formula is C12H16N2O3S. The zero-order chi connectivity index (χ0) is 13.2. The van der Waals surface area contributed by atoms with Crippen molar-refractivity contribution in [2.24, 2.45) is 0 Å². The molecule has 1 atom stereocenters. The van der Waals surface area contributed by atoms with Crippen LogP contribution in [0.5, 0.6) is 0 Å². The van der Waals surface area contributed by atoms with Gasteiger partial charge in [-0.25, -0.2) is 8.42 Å². The molecule has 2 rings (SSSR count). The van der Waals surface area contributed by atoms with E-state index >= 15 is 0 Å². The van der Waals surface area contributed by atoms with Gasteiger partial charge in [0, 0.05) is 13.1 Å². The van der Waals surface area contributed by atoms with Gasteiger partial charge in [0.15, 0.2) is 9.84 Å². The van der Waals surface area contributed by atoms with E-state index in [1.165, 1.54) is 0 Å². The number of fused-ring (bicyclic) bond motifs is 1. The highest BCUT2D eigenvalue weighted by Gasteiger charge is 2.29. The number of amides is 1. The van der Waals surface area contributed by atoms with E-state index in [9.17, 15) is 13.2 Å². The predicted molar refractivity (Wildman–Crippen MR) is 67.9 cm³/mol. The van der Waals surface area contributed by atoms with Crippen molar-refractivity contribution < 1.29 is 13.2 Å². The second-order valence-corrected chi connectivity index (χ2v) is 6.33. The zero-order valence-electron chi connectivity index (χ0n) is 10.1. The Labute approximate surface area is 107 Å². The fourth-order valence-electron chi connectivity index (χ4n) is 2.11. The first-order chi connectivity index (χ1) is 8.54. The van der Waals surface area contributed by atoms with Gasteiger partial charge in [0.1, 0.15) is 0 Å². The highest BCUT2D eigenvalue weighted by atomic mass is 32.2. The molecule has 1 aliphatic rings. The average Bonchev–Trinajstić information content (AvgIpc) is 2.38. The molecule has 0 fully saturated rings. The van der Waals surface area contributed by atoms with Crippen molar-refractivity contribution in [3.63, 3.8) is 0 Å². The van der Waals surface area contributed by atoms with Crippen molar-refractivity contribution in [3.05, 3.63) is 29.8 Å². The van der Waals surface area contributed by atoms with Crippen molar-refractivity contribution in [2.75, 3.05) is 19.3 Å². The minimum atomic E-state index is -3.16. The van der Waals surface area contributed by atoms with Gasteiger partial charge in [-0.1, -0.05) is 18.2 Å². The molecule has 0 saturated carbocycles. The van der Waals surface area contributed by atoms with Gasteiger partial charge in [-0.3, -0.25) is 4.79 Å². The van der Waals surface area contributed by atoms with Crippen LogP contribution < -0.4 is 10.6 Å². The summed E-state index contributed by atoms with van der Waals surface area (Å²) in [5.74, 6) is 0.0102. The number of benzene rings is 1. The monoisotopic (exact) mass is 268 g/mol. The Morgan fingerprint density at radius 2 is 2.11 bits per heavy atom. The fourth-order valence-corrected chi connectivity index (χ4v) is 3.73. The summed E-state index contributed by atoms with van der Waals surface area (Å²) in [4.78, 5) is 11.6. The SMILES string of the molecule is CNC(=O)CNC1CCS(=O)(=O)c2ccccc21. The molecular weight excluding hydrogens is 252 g/mol. The number of rotatable bonds is 3. The van der Waals surface area contributed by atoms with Gasteiger partial charge in [0.2, 0.25) is 5.91 Å². The lowest BCUT2D eigenvalue weighted by atomic mass is 10.0. The van der Waals surface area contributed by atoms with Gasteiger partial charge in [0.25, 0.3) is 0 Å². The summed E-state index contributed by atoms with van der Waals surface area (Å²) < 4.78 is 23.8. The minimum absolute atomic E-state index is 0.0815. The van der Waals surface area contributed by atoms with E-state index < -0.39 is 9.84 Å². The third-order valence-corrected chi connectivity index (χ3v) is 4.91. The molecule has 5 nitrogen and oxygen atoms in total. The van der Waals surface area contributed by atoms with E-state index in [-0.39, 0.29) is 24.2 Å². The summed E-state index contributed by atoms with van der Waals surface area (Å²) in [6.45, 7) is 0.190. The Morgan fingerprint density at radius 3 is 2.83 bits per heavy atom. The van der Waals surface area contributed by atoms with Gasteiger partial charge in [-0.15, -0.1) is 0 Å². The minimum Gasteiger partial charge on any atom is -0.358 e. The number of hydrogen-bond donors (Lipinski definition) is 2. The molecule has 1 aromatic carbocycles. The highest BCUT2D eigenvalue weighted by molar-refractivity contribution is 7.91. The third-order valence-electron chi connectivity index (χ3n) is 3.09. The molecule has 0 radical (unpaired) electrons. The molecule has 0 bridgehead atoms. The van der Waals surface area contributed by atoms with Crippen LogP contribution in [0.15, 0.2) is 29.2 Å². The summed E-state index contributed by atoms with van der Waals surface area (Å²) in [7, 11) is -1.59. The molecule has 98 valence electrons. The standard InChI is InChI=1S/C12H16N2O3S/c1-13-12(15)8-14-10-6-7-18(16,17)11-5-3-2-4-9(10)11/h2-5,10,14H,6-8H2,1H3,(H,13,15). The smallest absolute Gasteiger partial charge is 0.233 e. The number of sulfone groups is 1. The highest BCUT2D eigenvalue weighted by Crippen LogP contribution is 2.31. The van der Waals surface area contributed by atoms with Crippen LogP contribution in [0.25, 0.3) is 0 Å². The summed E-state index contributed by atoms with van der Waals surface area (Å²) in [6, 6.07) is 6.87. The van der Waals surface area contributed by atoms with Crippen LogP contribution in [0.3, 0.4) is 0 Å². The number of likely N-dealkylation sites (N-methyl/N-ethyl adjacent to an activating group) is 1. The number of nitrogens with one attached hydrogen (secondary N) is 2. The maximum atomic E-state index is 11.9. The van der Waals surface area contributed by atoms with Gasteiger partial charge in [-0.2, -0.15) is 0 Å². The van der Waals surface area contributed by atoms with E-state index in [1.54, 1.807) is 25.2 Å². The number of hydrogen-bond acceptors (Lipinski definition) is 4. The van der Waals surface area contributed by atoms with Crippen LogP contribution in [-0.2, 0) is 14.6 Å². The van der Waals surface area contributed by atoms with E-state index in [2.05, 4.69) is 10.6 Å². The Hall–Kier alpha value is -1.40. The van der Waals surface area contributed by atoms with Crippen molar-refractivity contribution in [1.29, 1.82) is 0 Å². The molecule has 1 unspecified atom stereocenters. The van der Waals surface area contributed by atoms with Crippen LogP contribution in [0.2, 0.25) is 0 Å². The van der Waals surface area contributed by atoms with Gasteiger partial charge in [0.05, 0.1) is 17.2 Å². The molecule has 1 aromatic rings. The van der Waals surface area contributed by atoms with E-state index in [0.717, 1.165) is 5.56 Å². The van der Waals surface area contributed by atoms with Crippen molar-refractivity contribution in [1.82, 2.24) is 10.6 Å². The largest absolute Gasteiger partial charge is 0.358 e. The normalized spacial score (nSPS) is 21.1. The van der Waals surface area contributed by atoms with Crippen molar-refractivity contribution in [2.45, 2.75) is 17.4 Å². The summed E-state index contributed by atoms with van der Waals surface area (Å²) in [5, 5.41) is 5.61. The van der Waals surface area contributed by atoms with E-state index in [1.807, 2.05) is 6.07 Å². The first-order valence-electron chi connectivity index (χ1n) is 5.80. The molecule has 0 spiro atoms. The lowest BCUT2D eigenvalue weighted by Crippen LogP contribution is -2.36. The zero-order valence-corrected chi connectivity index (χ0v) is 11.0. The van der Waals surface area contributed by atoms with Gasteiger partial charge >= 0.3 is 0 Å². The Kier molecular flexibility index (Phi) is 3.68. The average molecular weight is 268 g/mol. The molecule has 6 heteroatoms. The quantitative estimate of drug-likeness (QED) is 0.823.